The highest BCUT2D eigenvalue weighted by Gasteiger charge is 2.66. The predicted octanol–water partition coefficient (Wildman–Crippen LogP) is 1.95. The molecule has 2 aliphatic heterocycles. The summed E-state index contributed by atoms with van der Waals surface area (Å²) >= 11 is 0. The molecule has 7 nitrogen and oxygen atoms in total. The summed E-state index contributed by atoms with van der Waals surface area (Å²) in [6, 6.07) is 9.17. The summed E-state index contributed by atoms with van der Waals surface area (Å²) in [4.78, 5) is 26.2. The van der Waals surface area contributed by atoms with Gasteiger partial charge in [-0.15, -0.1) is 6.58 Å². The maximum absolute atomic E-state index is 13.5. The molecule has 0 saturated carbocycles. The largest absolute Gasteiger partial charge is 0.462 e. The van der Waals surface area contributed by atoms with Gasteiger partial charge in [0.25, 0.3) is 0 Å². The van der Waals surface area contributed by atoms with Gasteiger partial charge in [0, 0.05) is 12.7 Å². The highest BCUT2D eigenvalue weighted by molar-refractivity contribution is 6.10. The zero-order chi connectivity index (χ0) is 19.5. The van der Waals surface area contributed by atoms with Crippen LogP contribution in [0.3, 0.4) is 0 Å². The number of cyclic esters (lactones) is 1. The molecule has 2 fully saturated rings. The van der Waals surface area contributed by atoms with Gasteiger partial charge in [0.1, 0.15) is 13.4 Å². The fourth-order valence-electron chi connectivity index (χ4n) is 3.59. The lowest BCUT2D eigenvalue weighted by molar-refractivity contribution is -0.203. The number of esters is 1. The molecular formula is C20H24O7. The molecule has 0 N–H and O–H groups in total. The Balaban J connectivity index is 1.99. The lowest BCUT2D eigenvalue weighted by atomic mass is 9.71. The molecule has 0 amide bonds. The van der Waals surface area contributed by atoms with Crippen LogP contribution < -0.4 is 0 Å². The van der Waals surface area contributed by atoms with Crippen LogP contribution >= 0.6 is 0 Å². The van der Waals surface area contributed by atoms with E-state index in [4.69, 9.17) is 23.7 Å². The van der Waals surface area contributed by atoms with Crippen LogP contribution in [0, 0.1) is 5.41 Å². The van der Waals surface area contributed by atoms with E-state index in [1.165, 1.54) is 13.2 Å². The van der Waals surface area contributed by atoms with Crippen molar-refractivity contribution < 1.29 is 33.3 Å². The van der Waals surface area contributed by atoms with Gasteiger partial charge in [-0.25, -0.2) is 4.79 Å². The number of ether oxygens (including phenoxy) is 5. The third-order valence-corrected chi connectivity index (χ3v) is 5.19. The summed E-state index contributed by atoms with van der Waals surface area (Å²) in [5.74, 6) is -2.53. The van der Waals surface area contributed by atoms with Crippen LogP contribution in [0.2, 0.25) is 0 Å². The van der Waals surface area contributed by atoms with Gasteiger partial charge in [-0.05, 0) is 6.92 Å². The standard InChI is InChI=1S/C20H24O7/c1-4-18(2)13-24-17(22)20(18,27-14-23-3)16(21)12-19(25-10-11-26-19)15-8-6-5-7-9-15/h4-9H,1,10-14H2,2-3H3/t18-,20-/m0/s1. The first kappa shape index (κ1) is 19.7. The van der Waals surface area contributed by atoms with Crippen LogP contribution in [0.15, 0.2) is 43.0 Å². The van der Waals surface area contributed by atoms with Crippen LogP contribution in [-0.2, 0) is 39.1 Å². The average molecular weight is 376 g/mol. The van der Waals surface area contributed by atoms with Crippen molar-refractivity contribution in [2.24, 2.45) is 5.41 Å². The van der Waals surface area contributed by atoms with E-state index in [1.807, 2.05) is 30.3 Å². The Labute approximate surface area is 158 Å². The molecule has 0 bridgehead atoms. The van der Waals surface area contributed by atoms with E-state index >= 15 is 0 Å². The Morgan fingerprint density at radius 2 is 1.93 bits per heavy atom. The molecule has 0 spiro atoms. The predicted molar refractivity (Wildman–Crippen MR) is 94.6 cm³/mol. The lowest BCUT2D eigenvalue weighted by Gasteiger charge is -2.37. The van der Waals surface area contributed by atoms with Crippen molar-refractivity contribution >= 4 is 11.8 Å². The summed E-state index contributed by atoms with van der Waals surface area (Å²) in [6.07, 6.45) is 1.30. The maximum atomic E-state index is 13.5. The third-order valence-electron chi connectivity index (χ3n) is 5.19. The molecule has 2 atom stereocenters. The second kappa shape index (κ2) is 7.52. The zero-order valence-corrected chi connectivity index (χ0v) is 15.6. The van der Waals surface area contributed by atoms with E-state index in [9.17, 15) is 9.59 Å². The first-order valence-corrected chi connectivity index (χ1v) is 8.74. The minimum Gasteiger partial charge on any atom is -0.462 e. The van der Waals surface area contributed by atoms with Crippen LogP contribution in [0.5, 0.6) is 0 Å². The fourth-order valence-corrected chi connectivity index (χ4v) is 3.59. The van der Waals surface area contributed by atoms with E-state index in [-0.39, 0.29) is 19.8 Å². The van der Waals surface area contributed by atoms with Crippen molar-refractivity contribution in [3.63, 3.8) is 0 Å². The van der Waals surface area contributed by atoms with E-state index in [0.717, 1.165) is 0 Å². The van der Waals surface area contributed by atoms with Gasteiger partial charge in [0.15, 0.2) is 5.78 Å². The summed E-state index contributed by atoms with van der Waals surface area (Å²) in [6.45, 7) is 5.91. The molecule has 27 heavy (non-hydrogen) atoms. The molecule has 1 aromatic rings. The van der Waals surface area contributed by atoms with Gasteiger partial charge in [-0.1, -0.05) is 36.4 Å². The molecule has 2 aliphatic rings. The summed E-state index contributed by atoms with van der Waals surface area (Å²) < 4.78 is 27.5. The number of carbonyl (C=O) groups is 2. The quantitative estimate of drug-likeness (QED) is 0.297. The number of benzene rings is 1. The summed E-state index contributed by atoms with van der Waals surface area (Å²) in [5.41, 5.74) is -2.22. The number of carbonyl (C=O) groups excluding carboxylic acids is 2. The number of Topliss-reactive ketones (excluding diaryl/α,β-unsaturated/α-hetero) is 1. The monoisotopic (exact) mass is 376 g/mol. The van der Waals surface area contributed by atoms with E-state index in [0.29, 0.717) is 18.8 Å². The second-order valence-corrected chi connectivity index (χ2v) is 6.85. The first-order chi connectivity index (χ1) is 12.9. The van der Waals surface area contributed by atoms with Gasteiger partial charge < -0.3 is 23.7 Å². The minimum atomic E-state index is -1.87. The van der Waals surface area contributed by atoms with Crippen LogP contribution in [0.25, 0.3) is 0 Å². The van der Waals surface area contributed by atoms with Crippen LogP contribution in [0.1, 0.15) is 18.9 Å². The van der Waals surface area contributed by atoms with Crippen molar-refractivity contribution in [3.8, 4) is 0 Å². The Hall–Kier alpha value is -2.06. The van der Waals surface area contributed by atoms with E-state index < -0.39 is 28.6 Å². The van der Waals surface area contributed by atoms with Gasteiger partial charge in [0.05, 0.1) is 25.0 Å². The highest BCUT2D eigenvalue weighted by Crippen LogP contribution is 2.46. The Morgan fingerprint density at radius 1 is 1.26 bits per heavy atom. The number of methoxy groups -OCH3 is 1. The number of hydrogen-bond donors (Lipinski definition) is 0. The van der Waals surface area contributed by atoms with Crippen molar-refractivity contribution in [1.29, 1.82) is 0 Å². The van der Waals surface area contributed by atoms with Crippen molar-refractivity contribution in [2.75, 3.05) is 33.7 Å². The highest BCUT2D eigenvalue weighted by atomic mass is 16.7. The molecule has 7 heteroatoms. The smallest absolute Gasteiger partial charge is 0.347 e. The second-order valence-electron chi connectivity index (χ2n) is 6.85. The molecule has 0 radical (unpaired) electrons. The first-order valence-electron chi connectivity index (χ1n) is 8.74. The lowest BCUT2D eigenvalue weighted by Crippen LogP contribution is -2.57. The van der Waals surface area contributed by atoms with Gasteiger partial charge in [-0.3, -0.25) is 4.79 Å². The number of ketones is 1. The Morgan fingerprint density at radius 3 is 2.52 bits per heavy atom. The van der Waals surface area contributed by atoms with Gasteiger partial charge in [-0.2, -0.15) is 0 Å². The van der Waals surface area contributed by atoms with Gasteiger partial charge in [0.2, 0.25) is 11.4 Å². The van der Waals surface area contributed by atoms with Crippen molar-refractivity contribution in [3.05, 3.63) is 48.6 Å². The summed E-state index contributed by atoms with van der Waals surface area (Å²) in [5, 5.41) is 0. The summed E-state index contributed by atoms with van der Waals surface area (Å²) in [7, 11) is 1.42. The van der Waals surface area contributed by atoms with Gasteiger partial charge >= 0.3 is 5.97 Å². The topological polar surface area (TPSA) is 80.3 Å². The van der Waals surface area contributed by atoms with Crippen LogP contribution in [0.4, 0.5) is 0 Å². The molecule has 1 aromatic carbocycles. The third kappa shape index (κ3) is 3.10. The normalized spacial score (nSPS) is 29.5. The molecule has 0 aliphatic carbocycles. The maximum Gasteiger partial charge on any atom is 0.347 e. The molecule has 146 valence electrons. The number of hydrogen-bond acceptors (Lipinski definition) is 7. The molecule has 2 heterocycles. The molecule has 0 aromatic heterocycles. The molecular weight excluding hydrogens is 352 g/mol. The molecule has 2 saturated heterocycles. The van der Waals surface area contributed by atoms with Crippen LogP contribution in [-0.4, -0.2) is 51.1 Å². The number of rotatable bonds is 8. The minimum absolute atomic E-state index is 0.00909. The Bertz CT molecular complexity index is 710. The molecule has 0 unspecified atom stereocenters. The van der Waals surface area contributed by atoms with Crippen molar-refractivity contribution in [1.82, 2.24) is 0 Å². The Kier molecular flexibility index (Phi) is 5.48. The average Bonchev–Trinajstić information content (AvgIpc) is 3.26. The van der Waals surface area contributed by atoms with E-state index in [2.05, 4.69) is 6.58 Å². The SMILES string of the molecule is C=C[C@@]1(C)COC(=O)[C@@]1(OCOC)C(=O)CC1(c2ccccc2)OCCO1. The molecule has 3 rings (SSSR count). The zero-order valence-electron chi connectivity index (χ0n) is 15.6. The fraction of sp³-hybridized carbons (Fsp3) is 0.500. The van der Waals surface area contributed by atoms with E-state index in [1.54, 1.807) is 6.92 Å². The van der Waals surface area contributed by atoms with Crippen molar-refractivity contribution in [2.45, 2.75) is 24.7 Å².